The summed E-state index contributed by atoms with van der Waals surface area (Å²) in [5.74, 6) is -1.02. The third-order valence-corrected chi connectivity index (χ3v) is 3.71. The summed E-state index contributed by atoms with van der Waals surface area (Å²) in [5.41, 5.74) is 0. The average molecular weight is 286 g/mol. The molecule has 7 heteroatoms. The molecule has 0 aromatic carbocycles. The molecule has 0 aromatic rings. The maximum absolute atomic E-state index is 12.5. The molecule has 2 atom stereocenters. The number of nitrogens with zero attached hydrogens (tertiary/aromatic N) is 2. The number of aliphatic carboxylic acids is 1. The summed E-state index contributed by atoms with van der Waals surface area (Å²) < 4.78 is 10.7. The lowest BCUT2D eigenvalue weighted by Crippen LogP contribution is -2.58. The molecule has 0 aromatic heterocycles. The van der Waals surface area contributed by atoms with Gasteiger partial charge in [-0.2, -0.15) is 0 Å². The second-order valence-electron chi connectivity index (χ2n) is 5.07. The Kier molecular flexibility index (Phi) is 5.19. The highest BCUT2D eigenvalue weighted by Crippen LogP contribution is 2.17. The minimum atomic E-state index is -1.02. The predicted octanol–water partition coefficient (Wildman–Crippen LogP) is 0.393. The molecule has 2 saturated heterocycles. The largest absolute Gasteiger partial charge is 0.480 e. The van der Waals surface area contributed by atoms with Gasteiger partial charge in [-0.1, -0.05) is 0 Å². The first-order valence-corrected chi connectivity index (χ1v) is 7.11. The van der Waals surface area contributed by atoms with Gasteiger partial charge < -0.3 is 24.4 Å². The Hall–Kier alpha value is -1.34. The molecular formula is C13H22N2O5. The molecule has 2 unspecified atom stereocenters. The van der Waals surface area contributed by atoms with Gasteiger partial charge in [0.25, 0.3) is 0 Å². The van der Waals surface area contributed by atoms with E-state index in [1.165, 1.54) is 4.90 Å². The molecule has 2 aliphatic heterocycles. The summed E-state index contributed by atoms with van der Waals surface area (Å²) in [7, 11) is 0. The number of carbonyl (C=O) groups is 2. The van der Waals surface area contributed by atoms with Crippen molar-refractivity contribution in [3.63, 3.8) is 0 Å². The zero-order valence-electron chi connectivity index (χ0n) is 11.8. The first-order valence-electron chi connectivity index (χ1n) is 7.11. The highest BCUT2D eigenvalue weighted by molar-refractivity contribution is 5.83. The lowest BCUT2D eigenvalue weighted by Gasteiger charge is -2.39. The molecule has 0 bridgehead atoms. The van der Waals surface area contributed by atoms with E-state index in [2.05, 4.69) is 0 Å². The molecule has 7 nitrogen and oxygen atoms in total. The number of likely N-dealkylation sites (tertiary alicyclic amines) is 1. The summed E-state index contributed by atoms with van der Waals surface area (Å²) in [6.07, 6.45) is 1.89. The zero-order chi connectivity index (χ0) is 14.5. The fourth-order valence-electron chi connectivity index (χ4n) is 2.70. The summed E-state index contributed by atoms with van der Waals surface area (Å²) >= 11 is 0. The van der Waals surface area contributed by atoms with Crippen LogP contribution in [0, 0.1) is 0 Å². The van der Waals surface area contributed by atoms with Crippen LogP contribution in [0.2, 0.25) is 0 Å². The van der Waals surface area contributed by atoms with Crippen LogP contribution in [0.1, 0.15) is 19.8 Å². The number of ether oxygens (including phenoxy) is 2. The minimum Gasteiger partial charge on any atom is -0.480 e. The molecule has 2 rings (SSSR count). The van der Waals surface area contributed by atoms with Crippen molar-refractivity contribution in [1.82, 2.24) is 9.80 Å². The van der Waals surface area contributed by atoms with E-state index in [0.717, 1.165) is 12.8 Å². The van der Waals surface area contributed by atoms with Crippen LogP contribution in [0.5, 0.6) is 0 Å². The molecule has 1 N–H and O–H groups in total. The second-order valence-corrected chi connectivity index (χ2v) is 5.07. The molecule has 114 valence electrons. The van der Waals surface area contributed by atoms with E-state index in [9.17, 15) is 14.7 Å². The van der Waals surface area contributed by atoms with Crippen molar-refractivity contribution in [2.24, 2.45) is 0 Å². The fourth-order valence-corrected chi connectivity index (χ4v) is 2.70. The van der Waals surface area contributed by atoms with Crippen LogP contribution in [-0.2, 0) is 14.3 Å². The van der Waals surface area contributed by atoms with Gasteiger partial charge in [-0.05, 0) is 19.8 Å². The van der Waals surface area contributed by atoms with Crippen LogP contribution in [0.15, 0.2) is 0 Å². The van der Waals surface area contributed by atoms with Crippen molar-refractivity contribution < 1.29 is 24.2 Å². The first kappa shape index (κ1) is 15.1. The van der Waals surface area contributed by atoms with E-state index in [-0.39, 0.29) is 18.7 Å². The highest BCUT2D eigenvalue weighted by atomic mass is 16.5. The van der Waals surface area contributed by atoms with Gasteiger partial charge in [0.05, 0.1) is 19.3 Å². The maximum Gasteiger partial charge on any atom is 0.328 e. The van der Waals surface area contributed by atoms with E-state index >= 15 is 0 Å². The number of hydrogen-bond donors (Lipinski definition) is 1. The molecule has 2 fully saturated rings. The molecule has 0 radical (unpaired) electrons. The van der Waals surface area contributed by atoms with Gasteiger partial charge in [-0.25, -0.2) is 9.59 Å². The number of morpholine rings is 1. The number of piperidine rings is 1. The molecule has 2 amide bonds. The maximum atomic E-state index is 12.5. The predicted molar refractivity (Wildman–Crippen MR) is 70.6 cm³/mol. The summed E-state index contributed by atoms with van der Waals surface area (Å²) in [6.45, 7) is 4.53. The SMILES string of the molecule is CCOC1CCCN(C(=O)N2CCOCC2C(=O)O)C1. The molecule has 20 heavy (non-hydrogen) atoms. The normalized spacial score (nSPS) is 27.4. The standard InChI is InChI=1S/C13H22N2O5/c1-2-20-10-4-3-5-14(8-10)13(18)15-6-7-19-9-11(15)12(16)17/h10-11H,2-9H2,1H3,(H,16,17). The molecule has 2 heterocycles. The molecule has 0 saturated carbocycles. The average Bonchev–Trinajstić information content (AvgIpc) is 2.47. The number of urea groups is 1. The summed E-state index contributed by atoms with van der Waals surface area (Å²) in [4.78, 5) is 26.8. The Morgan fingerprint density at radius 1 is 1.40 bits per heavy atom. The molecule has 2 aliphatic rings. The van der Waals surface area contributed by atoms with Crippen LogP contribution < -0.4 is 0 Å². The number of carboxylic acid groups (broad SMARTS) is 1. The molecule has 0 aliphatic carbocycles. The van der Waals surface area contributed by atoms with Crippen LogP contribution in [-0.4, -0.2) is 78.5 Å². The van der Waals surface area contributed by atoms with Crippen molar-refractivity contribution in [3.8, 4) is 0 Å². The first-order chi connectivity index (χ1) is 9.63. The zero-order valence-corrected chi connectivity index (χ0v) is 11.8. The van der Waals surface area contributed by atoms with E-state index in [4.69, 9.17) is 9.47 Å². The number of carboxylic acids is 1. The molecule has 0 spiro atoms. The van der Waals surface area contributed by atoms with Crippen LogP contribution in [0.25, 0.3) is 0 Å². The Labute approximate surface area is 118 Å². The van der Waals surface area contributed by atoms with Crippen molar-refractivity contribution in [2.75, 3.05) is 39.5 Å². The number of amides is 2. The molecular weight excluding hydrogens is 264 g/mol. The number of carbonyl (C=O) groups excluding carboxylic acids is 1. The van der Waals surface area contributed by atoms with Crippen molar-refractivity contribution in [1.29, 1.82) is 0 Å². The van der Waals surface area contributed by atoms with Gasteiger partial charge in [0, 0.05) is 26.2 Å². The number of rotatable bonds is 3. The minimum absolute atomic E-state index is 0.0574. The van der Waals surface area contributed by atoms with Gasteiger partial charge in [-0.15, -0.1) is 0 Å². The van der Waals surface area contributed by atoms with Crippen molar-refractivity contribution >= 4 is 12.0 Å². The van der Waals surface area contributed by atoms with Gasteiger partial charge in [0.2, 0.25) is 0 Å². The Balaban J connectivity index is 1.99. The van der Waals surface area contributed by atoms with Gasteiger partial charge >= 0.3 is 12.0 Å². The quantitative estimate of drug-likeness (QED) is 0.812. The fraction of sp³-hybridized carbons (Fsp3) is 0.846. The Bertz CT molecular complexity index is 361. The number of hydrogen-bond acceptors (Lipinski definition) is 4. The topological polar surface area (TPSA) is 79.3 Å². The Morgan fingerprint density at radius 2 is 2.20 bits per heavy atom. The van der Waals surface area contributed by atoms with Crippen molar-refractivity contribution in [3.05, 3.63) is 0 Å². The summed E-state index contributed by atoms with van der Waals surface area (Å²) in [5, 5.41) is 9.18. The third kappa shape index (κ3) is 3.40. The van der Waals surface area contributed by atoms with Crippen LogP contribution in [0.3, 0.4) is 0 Å². The lowest BCUT2D eigenvalue weighted by atomic mass is 10.1. The van der Waals surface area contributed by atoms with Gasteiger partial charge in [0.1, 0.15) is 0 Å². The summed E-state index contributed by atoms with van der Waals surface area (Å²) in [6, 6.07) is -1.10. The third-order valence-electron chi connectivity index (χ3n) is 3.71. The lowest BCUT2D eigenvalue weighted by molar-refractivity contribution is -0.147. The van der Waals surface area contributed by atoms with E-state index < -0.39 is 12.0 Å². The van der Waals surface area contributed by atoms with Crippen LogP contribution in [0.4, 0.5) is 4.79 Å². The van der Waals surface area contributed by atoms with Crippen molar-refractivity contribution in [2.45, 2.75) is 31.9 Å². The van der Waals surface area contributed by atoms with Crippen LogP contribution >= 0.6 is 0 Å². The van der Waals surface area contributed by atoms with E-state index in [0.29, 0.717) is 32.8 Å². The monoisotopic (exact) mass is 286 g/mol. The smallest absolute Gasteiger partial charge is 0.328 e. The second kappa shape index (κ2) is 6.90. The van der Waals surface area contributed by atoms with E-state index in [1.54, 1.807) is 4.90 Å². The van der Waals surface area contributed by atoms with Gasteiger partial charge in [-0.3, -0.25) is 0 Å². The Morgan fingerprint density at radius 3 is 2.90 bits per heavy atom. The highest BCUT2D eigenvalue weighted by Gasteiger charge is 2.36. The van der Waals surface area contributed by atoms with Gasteiger partial charge in [0.15, 0.2) is 6.04 Å². The van der Waals surface area contributed by atoms with E-state index in [1.807, 2.05) is 6.92 Å².